The number of amides is 1. The van der Waals surface area contributed by atoms with E-state index in [0.29, 0.717) is 12.2 Å². The van der Waals surface area contributed by atoms with Crippen LogP contribution in [0.2, 0.25) is 0 Å². The van der Waals surface area contributed by atoms with Crippen LogP contribution in [0.15, 0.2) is 24.3 Å². The molecule has 1 atom stereocenters. The van der Waals surface area contributed by atoms with Crippen LogP contribution in [-0.2, 0) is 9.53 Å². The molecule has 2 rings (SSSR count). The first-order chi connectivity index (χ1) is 9.25. The fourth-order valence-corrected chi connectivity index (χ4v) is 1.94. The number of rotatable bonds is 2. The number of carbonyl (C=O) groups is 1. The third-order valence-corrected chi connectivity index (χ3v) is 2.94. The molecule has 0 bridgehead atoms. The topological polar surface area (TPSA) is 38.3 Å². The Bertz CT molecular complexity index is 498. The van der Waals surface area contributed by atoms with Crippen molar-refractivity contribution in [1.29, 1.82) is 0 Å². The van der Waals surface area contributed by atoms with Gasteiger partial charge in [0.15, 0.2) is 0 Å². The van der Waals surface area contributed by atoms with Crippen LogP contribution in [0.5, 0.6) is 0 Å². The molecular formula is C15H16FNO2. The Hall–Kier alpha value is -1.86. The third-order valence-electron chi connectivity index (χ3n) is 2.94. The minimum atomic E-state index is -0.310. The van der Waals surface area contributed by atoms with E-state index in [-0.39, 0.29) is 24.2 Å². The van der Waals surface area contributed by atoms with Gasteiger partial charge in [-0.3, -0.25) is 4.79 Å². The Labute approximate surface area is 112 Å². The SMILES string of the molecule is O=C(NCC#Cc1cccc(F)c1)C1CCCOC1. The van der Waals surface area contributed by atoms with Gasteiger partial charge in [0.2, 0.25) is 5.91 Å². The molecule has 1 unspecified atom stereocenters. The van der Waals surface area contributed by atoms with Crippen LogP contribution in [0.4, 0.5) is 4.39 Å². The summed E-state index contributed by atoms with van der Waals surface area (Å²) in [7, 11) is 0. The van der Waals surface area contributed by atoms with E-state index in [4.69, 9.17) is 4.74 Å². The van der Waals surface area contributed by atoms with Gasteiger partial charge in [-0.05, 0) is 31.0 Å². The van der Waals surface area contributed by atoms with Crippen molar-refractivity contribution < 1.29 is 13.9 Å². The second kappa shape index (κ2) is 6.91. The van der Waals surface area contributed by atoms with Gasteiger partial charge in [0.25, 0.3) is 0 Å². The minimum absolute atomic E-state index is 0.0201. The number of hydrogen-bond acceptors (Lipinski definition) is 2. The maximum absolute atomic E-state index is 12.9. The predicted molar refractivity (Wildman–Crippen MR) is 69.8 cm³/mol. The van der Waals surface area contributed by atoms with Gasteiger partial charge in [0, 0.05) is 12.2 Å². The van der Waals surface area contributed by atoms with Gasteiger partial charge < -0.3 is 10.1 Å². The number of nitrogens with one attached hydrogen (secondary N) is 1. The van der Waals surface area contributed by atoms with E-state index in [2.05, 4.69) is 17.2 Å². The summed E-state index contributed by atoms with van der Waals surface area (Å²) in [6.07, 6.45) is 1.79. The van der Waals surface area contributed by atoms with Gasteiger partial charge in [-0.1, -0.05) is 17.9 Å². The molecule has 4 heteroatoms. The van der Waals surface area contributed by atoms with Crippen molar-refractivity contribution in [2.45, 2.75) is 12.8 Å². The summed E-state index contributed by atoms with van der Waals surface area (Å²) in [6, 6.07) is 6.07. The van der Waals surface area contributed by atoms with Crippen LogP contribution < -0.4 is 5.32 Å². The lowest BCUT2D eigenvalue weighted by molar-refractivity contribution is -0.128. The lowest BCUT2D eigenvalue weighted by Crippen LogP contribution is -2.35. The fourth-order valence-electron chi connectivity index (χ4n) is 1.94. The molecule has 1 amide bonds. The van der Waals surface area contributed by atoms with E-state index in [1.165, 1.54) is 12.1 Å². The lowest BCUT2D eigenvalue weighted by Gasteiger charge is -2.20. The minimum Gasteiger partial charge on any atom is -0.381 e. The molecule has 1 N–H and O–H groups in total. The zero-order chi connectivity index (χ0) is 13.5. The van der Waals surface area contributed by atoms with Crippen LogP contribution >= 0.6 is 0 Å². The molecular weight excluding hydrogens is 245 g/mol. The van der Waals surface area contributed by atoms with E-state index >= 15 is 0 Å². The molecule has 1 fully saturated rings. The summed E-state index contributed by atoms with van der Waals surface area (Å²) in [5, 5.41) is 2.75. The number of benzene rings is 1. The van der Waals surface area contributed by atoms with Crippen molar-refractivity contribution in [3.8, 4) is 11.8 Å². The monoisotopic (exact) mass is 261 g/mol. The number of ether oxygens (including phenoxy) is 1. The molecule has 0 spiro atoms. The lowest BCUT2D eigenvalue weighted by atomic mass is 10.0. The number of carbonyl (C=O) groups excluding carboxylic acids is 1. The summed E-state index contributed by atoms with van der Waals surface area (Å²) < 4.78 is 18.1. The van der Waals surface area contributed by atoms with Crippen molar-refractivity contribution >= 4 is 5.91 Å². The van der Waals surface area contributed by atoms with Crippen molar-refractivity contribution in [2.24, 2.45) is 5.92 Å². The molecule has 0 radical (unpaired) electrons. The summed E-state index contributed by atoms with van der Waals surface area (Å²) in [5.74, 6) is 5.22. The Morgan fingerprint density at radius 2 is 2.42 bits per heavy atom. The molecule has 1 aliphatic rings. The second-order valence-corrected chi connectivity index (χ2v) is 4.44. The number of halogens is 1. The highest BCUT2D eigenvalue weighted by molar-refractivity contribution is 5.79. The highest BCUT2D eigenvalue weighted by Crippen LogP contribution is 2.12. The van der Waals surface area contributed by atoms with E-state index in [9.17, 15) is 9.18 Å². The fraction of sp³-hybridized carbons (Fsp3) is 0.400. The van der Waals surface area contributed by atoms with Gasteiger partial charge in [0.1, 0.15) is 5.82 Å². The molecule has 1 saturated heterocycles. The maximum atomic E-state index is 12.9. The molecule has 1 aromatic carbocycles. The second-order valence-electron chi connectivity index (χ2n) is 4.44. The standard InChI is InChI=1S/C15H16FNO2/c16-14-7-1-4-12(10-14)5-2-8-17-15(18)13-6-3-9-19-11-13/h1,4,7,10,13H,3,6,8-9,11H2,(H,17,18). The average molecular weight is 261 g/mol. The van der Waals surface area contributed by atoms with Gasteiger partial charge in [-0.2, -0.15) is 0 Å². The quantitative estimate of drug-likeness (QED) is 0.823. The summed E-state index contributed by atoms with van der Waals surface area (Å²) >= 11 is 0. The summed E-state index contributed by atoms with van der Waals surface area (Å²) in [6.45, 7) is 1.50. The number of hydrogen-bond donors (Lipinski definition) is 1. The van der Waals surface area contributed by atoms with Gasteiger partial charge in [-0.25, -0.2) is 4.39 Å². The molecule has 1 aromatic rings. The van der Waals surface area contributed by atoms with Crippen molar-refractivity contribution in [2.75, 3.05) is 19.8 Å². The molecule has 1 aliphatic heterocycles. The molecule has 3 nitrogen and oxygen atoms in total. The zero-order valence-electron chi connectivity index (χ0n) is 10.6. The van der Waals surface area contributed by atoms with Crippen molar-refractivity contribution in [3.63, 3.8) is 0 Å². The van der Waals surface area contributed by atoms with E-state index in [1.807, 2.05) is 0 Å². The van der Waals surface area contributed by atoms with Crippen LogP contribution in [0.3, 0.4) is 0 Å². The molecule has 19 heavy (non-hydrogen) atoms. The van der Waals surface area contributed by atoms with E-state index in [1.54, 1.807) is 12.1 Å². The molecule has 1 heterocycles. The van der Waals surface area contributed by atoms with Crippen LogP contribution in [-0.4, -0.2) is 25.7 Å². The average Bonchev–Trinajstić information content (AvgIpc) is 2.44. The Balaban J connectivity index is 1.78. The zero-order valence-corrected chi connectivity index (χ0v) is 10.6. The molecule has 0 aromatic heterocycles. The van der Waals surface area contributed by atoms with Gasteiger partial charge in [-0.15, -0.1) is 0 Å². The van der Waals surface area contributed by atoms with Crippen LogP contribution in [0, 0.1) is 23.6 Å². The normalized spacial score (nSPS) is 18.3. The Morgan fingerprint density at radius 1 is 1.53 bits per heavy atom. The highest BCUT2D eigenvalue weighted by atomic mass is 19.1. The Morgan fingerprint density at radius 3 is 3.16 bits per heavy atom. The first-order valence-corrected chi connectivity index (χ1v) is 6.35. The van der Waals surface area contributed by atoms with E-state index in [0.717, 1.165) is 19.4 Å². The molecule has 0 aliphatic carbocycles. The van der Waals surface area contributed by atoms with E-state index < -0.39 is 0 Å². The summed E-state index contributed by atoms with van der Waals surface area (Å²) in [5.41, 5.74) is 0.607. The van der Waals surface area contributed by atoms with Gasteiger partial charge >= 0.3 is 0 Å². The summed E-state index contributed by atoms with van der Waals surface area (Å²) in [4.78, 5) is 11.7. The van der Waals surface area contributed by atoms with Crippen LogP contribution in [0.25, 0.3) is 0 Å². The smallest absolute Gasteiger partial charge is 0.226 e. The maximum Gasteiger partial charge on any atom is 0.226 e. The first-order valence-electron chi connectivity index (χ1n) is 6.35. The highest BCUT2D eigenvalue weighted by Gasteiger charge is 2.20. The predicted octanol–water partition coefficient (Wildman–Crippen LogP) is 1.72. The first kappa shape index (κ1) is 13.6. The third kappa shape index (κ3) is 4.38. The molecule has 100 valence electrons. The van der Waals surface area contributed by atoms with Crippen LogP contribution in [0.1, 0.15) is 18.4 Å². The van der Waals surface area contributed by atoms with Crippen molar-refractivity contribution in [1.82, 2.24) is 5.32 Å². The van der Waals surface area contributed by atoms with Crippen molar-refractivity contribution in [3.05, 3.63) is 35.6 Å². The van der Waals surface area contributed by atoms with Gasteiger partial charge in [0.05, 0.1) is 19.1 Å². The Kier molecular flexibility index (Phi) is 4.93. The largest absolute Gasteiger partial charge is 0.381 e. The molecule has 0 saturated carbocycles.